The minimum absolute atomic E-state index is 0.122. The molecule has 0 aromatic carbocycles. The molecule has 0 aliphatic rings. The van der Waals surface area contributed by atoms with E-state index in [2.05, 4.69) is 20.0 Å². The standard InChI is InChI=1S/C7H5ClN4O2/c1-14-7(13)6-4-2-9-5(8)3-12(4)11-10-6/h2-3H,1H3. The smallest absolute Gasteiger partial charge is 0.360 e. The molecular weight excluding hydrogens is 208 g/mol. The van der Waals surface area contributed by atoms with E-state index < -0.39 is 5.97 Å². The van der Waals surface area contributed by atoms with E-state index in [1.54, 1.807) is 0 Å². The molecule has 72 valence electrons. The van der Waals surface area contributed by atoms with Crippen LogP contribution in [0.2, 0.25) is 5.15 Å². The third kappa shape index (κ3) is 1.29. The van der Waals surface area contributed by atoms with Crippen LogP contribution in [0, 0.1) is 0 Å². The Hall–Kier alpha value is -1.69. The molecule has 2 aromatic rings. The van der Waals surface area contributed by atoms with Gasteiger partial charge >= 0.3 is 5.97 Å². The third-order valence-corrected chi connectivity index (χ3v) is 1.84. The van der Waals surface area contributed by atoms with Crippen LogP contribution in [0.25, 0.3) is 5.52 Å². The van der Waals surface area contributed by atoms with Crippen molar-refractivity contribution in [1.29, 1.82) is 0 Å². The van der Waals surface area contributed by atoms with Crippen molar-refractivity contribution in [2.45, 2.75) is 0 Å². The monoisotopic (exact) mass is 212 g/mol. The lowest BCUT2D eigenvalue weighted by molar-refractivity contribution is 0.0596. The van der Waals surface area contributed by atoms with E-state index in [1.165, 1.54) is 24.0 Å². The number of halogens is 1. The predicted octanol–water partition coefficient (Wildman–Crippen LogP) is 0.564. The van der Waals surface area contributed by atoms with Crippen molar-refractivity contribution in [3.63, 3.8) is 0 Å². The molecule has 0 radical (unpaired) electrons. The maximum absolute atomic E-state index is 11.2. The first kappa shape index (κ1) is 8.89. The zero-order valence-corrected chi connectivity index (χ0v) is 7.89. The van der Waals surface area contributed by atoms with Crippen LogP contribution in [-0.4, -0.2) is 32.9 Å². The Balaban J connectivity index is 2.64. The molecule has 7 heteroatoms. The van der Waals surface area contributed by atoms with Gasteiger partial charge in [-0.15, -0.1) is 5.10 Å². The average molecular weight is 213 g/mol. The van der Waals surface area contributed by atoms with Gasteiger partial charge in [-0.2, -0.15) is 0 Å². The average Bonchev–Trinajstić information content (AvgIpc) is 2.59. The zero-order chi connectivity index (χ0) is 10.1. The third-order valence-electron chi connectivity index (χ3n) is 1.65. The molecule has 0 saturated heterocycles. The van der Waals surface area contributed by atoms with Crippen LogP contribution in [0.1, 0.15) is 10.5 Å². The summed E-state index contributed by atoms with van der Waals surface area (Å²) in [4.78, 5) is 15.0. The number of nitrogens with zero attached hydrogens (tertiary/aromatic N) is 4. The lowest BCUT2D eigenvalue weighted by atomic mass is 10.4. The minimum Gasteiger partial charge on any atom is -0.464 e. The van der Waals surface area contributed by atoms with Crippen molar-refractivity contribution in [3.8, 4) is 0 Å². The first-order valence-electron chi connectivity index (χ1n) is 3.67. The highest BCUT2D eigenvalue weighted by Gasteiger charge is 2.15. The molecule has 0 N–H and O–H groups in total. The molecular formula is C7H5ClN4O2. The second-order valence-electron chi connectivity index (χ2n) is 2.47. The number of methoxy groups -OCH3 is 1. The summed E-state index contributed by atoms with van der Waals surface area (Å²) in [6.45, 7) is 0. The summed E-state index contributed by atoms with van der Waals surface area (Å²) in [5.74, 6) is -0.552. The Morgan fingerprint density at radius 2 is 2.43 bits per heavy atom. The first-order valence-corrected chi connectivity index (χ1v) is 4.05. The summed E-state index contributed by atoms with van der Waals surface area (Å²) >= 11 is 5.63. The summed E-state index contributed by atoms with van der Waals surface area (Å²) in [5, 5.41) is 7.61. The fourth-order valence-corrected chi connectivity index (χ4v) is 1.16. The normalized spacial score (nSPS) is 10.4. The van der Waals surface area contributed by atoms with Crippen LogP contribution in [0.5, 0.6) is 0 Å². The van der Waals surface area contributed by atoms with Crippen molar-refractivity contribution >= 4 is 23.1 Å². The van der Waals surface area contributed by atoms with Crippen LogP contribution < -0.4 is 0 Å². The van der Waals surface area contributed by atoms with Crippen molar-refractivity contribution in [3.05, 3.63) is 23.2 Å². The van der Waals surface area contributed by atoms with Crippen molar-refractivity contribution in [2.75, 3.05) is 7.11 Å². The molecule has 0 bridgehead atoms. The van der Waals surface area contributed by atoms with E-state index in [9.17, 15) is 4.79 Å². The molecule has 0 aliphatic heterocycles. The van der Waals surface area contributed by atoms with Crippen LogP contribution in [-0.2, 0) is 4.74 Å². The fraction of sp³-hybridized carbons (Fsp3) is 0.143. The van der Waals surface area contributed by atoms with Crippen molar-refractivity contribution in [1.82, 2.24) is 19.8 Å². The SMILES string of the molecule is COC(=O)c1nnn2cc(Cl)ncc12. The number of aromatic nitrogens is 4. The highest BCUT2D eigenvalue weighted by molar-refractivity contribution is 6.29. The molecule has 6 nitrogen and oxygen atoms in total. The van der Waals surface area contributed by atoms with Gasteiger partial charge in [0.15, 0.2) is 5.69 Å². The summed E-state index contributed by atoms with van der Waals surface area (Å²) in [5.41, 5.74) is 0.581. The van der Waals surface area contributed by atoms with Gasteiger partial charge in [-0.1, -0.05) is 16.8 Å². The van der Waals surface area contributed by atoms with Gasteiger partial charge < -0.3 is 4.74 Å². The second kappa shape index (κ2) is 3.22. The van der Waals surface area contributed by atoms with E-state index in [4.69, 9.17) is 11.6 Å². The van der Waals surface area contributed by atoms with Crippen molar-refractivity contribution in [2.24, 2.45) is 0 Å². The minimum atomic E-state index is -0.552. The molecule has 0 saturated carbocycles. The number of ether oxygens (including phenoxy) is 1. The van der Waals surface area contributed by atoms with Crippen molar-refractivity contribution < 1.29 is 9.53 Å². The van der Waals surface area contributed by atoms with Gasteiger partial charge in [0.25, 0.3) is 0 Å². The molecule has 2 aromatic heterocycles. The summed E-state index contributed by atoms with van der Waals surface area (Å²) in [6, 6.07) is 0. The van der Waals surface area contributed by atoms with Gasteiger partial charge in [0.05, 0.1) is 19.5 Å². The van der Waals surface area contributed by atoms with Gasteiger partial charge in [0.2, 0.25) is 0 Å². The van der Waals surface area contributed by atoms with E-state index in [-0.39, 0.29) is 10.8 Å². The number of carbonyl (C=O) groups excluding carboxylic acids is 1. The summed E-state index contributed by atoms with van der Waals surface area (Å²) in [6.07, 6.45) is 2.87. The number of hydrogen-bond donors (Lipinski definition) is 0. The highest BCUT2D eigenvalue weighted by atomic mass is 35.5. The molecule has 2 rings (SSSR count). The Labute approximate surface area is 83.5 Å². The molecule has 0 fully saturated rings. The maximum atomic E-state index is 11.2. The predicted molar refractivity (Wildman–Crippen MR) is 47.1 cm³/mol. The molecule has 2 heterocycles. The van der Waals surface area contributed by atoms with Gasteiger partial charge in [-0.25, -0.2) is 14.3 Å². The van der Waals surface area contributed by atoms with Gasteiger partial charge in [0, 0.05) is 0 Å². The van der Waals surface area contributed by atoms with Crippen LogP contribution >= 0.6 is 11.6 Å². The molecule has 0 aliphatic carbocycles. The topological polar surface area (TPSA) is 69.4 Å². The van der Waals surface area contributed by atoms with E-state index in [1.807, 2.05) is 0 Å². The quantitative estimate of drug-likeness (QED) is 0.647. The largest absolute Gasteiger partial charge is 0.464 e. The Morgan fingerprint density at radius 1 is 1.64 bits per heavy atom. The maximum Gasteiger partial charge on any atom is 0.360 e. The summed E-state index contributed by atoms with van der Waals surface area (Å²) < 4.78 is 5.88. The molecule has 0 atom stereocenters. The molecule has 14 heavy (non-hydrogen) atoms. The van der Waals surface area contributed by atoms with E-state index in [0.717, 1.165) is 0 Å². The number of hydrogen-bond acceptors (Lipinski definition) is 5. The number of fused-ring (bicyclic) bond motifs is 1. The Kier molecular flexibility index (Phi) is 2.05. The number of carbonyl (C=O) groups is 1. The molecule has 0 amide bonds. The Bertz CT molecular complexity index is 495. The van der Waals surface area contributed by atoms with E-state index >= 15 is 0 Å². The van der Waals surface area contributed by atoms with Crippen LogP contribution in [0.15, 0.2) is 12.4 Å². The molecule has 0 unspecified atom stereocenters. The fourth-order valence-electron chi connectivity index (χ4n) is 1.02. The first-order chi connectivity index (χ1) is 6.72. The lowest BCUT2D eigenvalue weighted by Gasteiger charge is -1.94. The number of rotatable bonds is 1. The highest BCUT2D eigenvalue weighted by Crippen LogP contribution is 2.10. The van der Waals surface area contributed by atoms with E-state index in [0.29, 0.717) is 5.52 Å². The number of esters is 1. The van der Waals surface area contributed by atoms with Gasteiger partial charge in [-0.3, -0.25) is 0 Å². The Morgan fingerprint density at radius 3 is 3.14 bits per heavy atom. The zero-order valence-electron chi connectivity index (χ0n) is 7.14. The summed E-state index contributed by atoms with van der Waals surface area (Å²) in [7, 11) is 1.27. The second-order valence-corrected chi connectivity index (χ2v) is 2.86. The van der Waals surface area contributed by atoms with Gasteiger partial charge in [0.1, 0.15) is 10.7 Å². The lowest BCUT2D eigenvalue weighted by Crippen LogP contribution is -2.02. The van der Waals surface area contributed by atoms with Crippen LogP contribution in [0.3, 0.4) is 0 Å². The molecule has 0 spiro atoms. The van der Waals surface area contributed by atoms with Gasteiger partial charge in [-0.05, 0) is 0 Å². The van der Waals surface area contributed by atoms with Crippen LogP contribution in [0.4, 0.5) is 0 Å².